The number of esters is 4. The van der Waals surface area contributed by atoms with Gasteiger partial charge in [0.15, 0.2) is 12.2 Å². The highest BCUT2D eigenvalue weighted by molar-refractivity contribution is 7.47. The van der Waals surface area contributed by atoms with Crippen LogP contribution in [0.15, 0.2) is 0 Å². The first kappa shape index (κ1) is 88.1. The predicted molar refractivity (Wildman–Crippen MR) is 363 cm³/mol. The average molecular weight is 1330 g/mol. The topological polar surface area (TPSA) is 237 Å². The fraction of sp³-hybridized carbons (Fsp3) is 0.944. The van der Waals surface area contributed by atoms with Gasteiger partial charge in [0, 0.05) is 25.7 Å². The Labute approximate surface area is 549 Å². The summed E-state index contributed by atoms with van der Waals surface area (Å²) in [6.07, 6.45) is 48.8. The van der Waals surface area contributed by atoms with Crippen LogP contribution in [0, 0.1) is 11.8 Å². The van der Waals surface area contributed by atoms with Gasteiger partial charge in [0.25, 0.3) is 0 Å². The van der Waals surface area contributed by atoms with Crippen LogP contribution in [0.3, 0.4) is 0 Å². The zero-order chi connectivity index (χ0) is 66.5. The largest absolute Gasteiger partial charge is 0.472 e. The molecular formula is C71H138O17P2. The van der Waals surface area contributed by atoms with Crippen molar-refractivity contribution in [3.63, 3.8) is 0 Å². The Balaban J connectivity index is 5.19. The van der Waals surface area contributed by atoms with E-state index < -0.39 is 97.5 Å². The Morgan fingerprint density at radius 2 is 0.511 bits per heavy atom. The second kappa shape index (κ2) is 63.1. The van der Waals surface area contributed by atoms with Crippen molar-refractivity contribution in [2.24, 2.45) is 11.8 Å². The molecule has 5 atom stereocenters. The lowest BCUT2D eigenvalue weighted by Crippen LogP contribution is -2.30. The summed E-state index contributed by atoms with van der Waals surface area (Å²) in [4.78, 5) is 72.5. The van der Waals surface area contributed by atoms with Crippen LogP contribution in [-0.2, 0) is 65.4 Å². The Morgan fingerprint density at radius 1 is 0.300 bits per heavy atom. The number of carbonyl (C=O) groups excluding carboxylic acids is 4. The van der Waals surface area contributed by atoms with Gasteiger partial charge in [0.2, 0.25) is 0 Å². The molecule has 0 aliphatic carbocycles. The summed E-state index contributed by atoms with van der Waals surface area (Å²) in [5.74, 6) is -0.726. The van der Waals surface area contributed by atoms with E-state index in [0.29, 0.717) is 37.5 Å². The number of aliphatic hydroxyl groups is 1. The zero-order valence-electron chi connectivity index (χ0n) is 58.4. The Kier molecular flexibility index (Phi) is 61.8. The van der Waals surface area contributed by atoms with Gasteiger partial charge in [-0.05, 0) is 37.5 Å². The molecule has 0 heterocycles. The van der Waals surface area contributed by atoms with Gasteiger partial charge >= 0.3 is 39.5 Å². The normalized spacial score (nSPS) is 14.1. The van der Waals surface area contributed by atoms with Crippen LogP contribution in [0.2, 0.25) is 0 Å². The van der Waals surface area contributed by atoms with Crippen LogP contribution < -0.4 is 0 Å². The molecule has 0 radical (unpaired) electrons. The van der Waals surface area contributed by atoms with E-state index in [1.807, 2.05) is 0 Å². The molecule has 0 spiro atoms. The van der Waals surface area contributed by atoms with Crippen LogP contribution in [-0.4, -0.2) is 96.7 Å². The number of hydrogen-bond acceptors (Lipinski definition) is 15. The highest BCUT2D eigenvalue weighted by Crippen LogP contribution is 2.45. The number of rotatable bonds is 70. The first-order chi connectivity index (χ1) is 43.4. The van der Waals surface area contributed by atoms with E-state index in [0.717, 1.165) is 96.3 Å². The summed E-state index contributed by atoms with van der Waals surface area (Å²) in [5, 5.41) is 10.6. The molecule has 0 aromatic carbocycles. The summed E-state index contributed by atoms with van der Waals surface area (Å²) in [7, 11) is -9.90. The lowest BCUT2D eigenvalue weighted by molar-refractivity contribution is -0.161. The molecule has 0 aromatic rings. The van der Waals surface area contributed by atoms with E-state index in [9.17, 15) is 43.2 Å². The van der Waals surface area contributed by atoms with Crippen LogP contribution in [0.25, 0.3) is 0 Å². The van der Waals surface area contributed by atoms with Gasteiger partial charge in [-0.15, -0.1) is 0 Å². The van der Waals surface area contributed by atoms with Gasteiger partial charge in [-0.1, -0.05) is 311 Å². The highest BCUT2D eigenvalue weighted by atomic mass is 31.2. The van der Waals surface area contributed by atoms with Crippen molar-refractivity contribution in [3.8, 4) is 0 Å². The summed E-state index contributed by atoms with van der Waals surface area (Å²) < 4.78 is 68.2. The second-order valence-corrected chi connectivity index (χ2v) is 29.5. The molecule has 0 rings (SSSR count). The molecule has 90 heavy (non-hydrogen) atoms. The fourth-order valence-electron chi connectivity index (χ4n) is 10.8. The molecule has 0 aliphatic heterocycles. The van der Waals surface area contributed by atoms with E-state index in [2.05, 4.69) is 41.5 Å². The Morgan fingerprint density at radius 3 is 0.756 bits per heavy atom. The third kappa shape index (κ3) is 64.8. The number of phosphoric ester groups is 2. The maximum atomic E-state index is 13.0. The van der Waals surface area contributed by atoms with Gasteiger partial charge in [0.1, 0.15) is 19.3 Å². The third-order valence-electron chi connectivity index (χ3n) is 16.5. The van der Waals surface area contributed by atoms with E-state index in [1.165, 1.54) is 173 Å². The SMILES string of the molecule is CCCCCCCCCCCCCCCCCCCCCC(=O)O[C@H](COC(=O)CCCCCCCCCCCCC)COP(=O)(O)OC[C@@H](O)COP(=O)(O)OC[C@@H](COC(=O)CCCCCCCCCC(C)C)OC(=O)CCCCCCCCCC(C)C. The van der Waals surface area contributed by atoms with Crippen LogP contribution in [0.5, 0.6) is 0 Å². The minimum atomic E-state index is -4.95. The lowest BCUT2D eigenvalue weighted by atomic mass is 10.0. The quantitative estimate of drug-likeness (QED) is 0.0222. The smallest absolute Gasteiger partial charge is 0.462 e. The Bertz CT molecular complexity index is 1750. The van der Waals surface area contributed by atoms with Crippen molar-refractivity contribution in [2.45, 2.75) is 381 Å². The van der Waals surface area contributed by atoms with Crippen molar-refractivity contribution in [1.29, 1.82) is 0 Å². The third-order valence-corrected chi connectivity index (χ3v) is 18.4. The van der Waals surface area contributed by atoms with Gasteiger partial charge in [-0.3, -0.25) is 37.3 Å². The molecule has 0 saturated carbocycles. The molecule has 0 amide bonds. The molecule has 2 unspecified atom stereocenters. The van der Waals surface area contributed by atoms with E-state index in [1.54, 1.807) is 0 Å². The van der Waals surface area contributed by atoms with Crippen molar-refractivity contribution < 1.29 is 80.2 Å². The average Bonchev–Trinajstić information content (AvgIpc) is 2.88. The van der Waals surface area contributed by atoms with Crippen molar-refractivity contribution in [2.75, 3.05) is 39.6 Å². The maximum Gasteiger partial charge on any atom is 0.472 e. The first-order valence-corrected chi connectivity index (χ1v) is 40.0. The number of unbranched alkanes of at least 4 members (excludes halogenated alkanes) is 40. The predicted octanol–water partition coefficient (Wildman–Crippen LogP) is 20.4. The maximum absolute atomic E-state index is 13.0. The van der Waals surface area contributed by atoms with Crippen LogP contribution in [0.1, 0.15) is 363 Å². The zero-order valence-corrected chi connectivity index (χ0v) is 60.2. The number of phosphoric acid groups is 2. The summed E-state index contributed by atoms with van der Waals surface area (Å²) >= 11 is 0. The van der Waals surface area contributed by atoms with Crippen molar-refractivity contribution in [3.05, 3.63) is 0 Å². The molecule has 0 aliphatic rings. The van der Waals surface area contributed by atoms with Gasteiger partial charge < -0.3 is 33.8 Å². The molecular weight excluding hydrogens is 1190 g/mol. The molecule has 534 valence electrons. The number of aliphatic hydroxyl groups excluding tert-OH is 1. The molecule has 0 fully saturated rings. The lowest BCUT2D eigenvalue weighted by Gasteiger charge is -2.21. The minimum Gasteiger partial charge on any atom is -0.462 e. The van der Waals surface area contributed by atoms with Gasteiger partial charge in [-0.2, -0.15) is 0 Å². The summed E-state index contributed by atoms with van der Waals surface area (Å²) in [5.41, 5.74) is 0. The first-order valence-electron chi connectivity index (χ1n) is 37.0. The van der Waals surface area contributed by atoms with E-state index >= 15 is 0 Å². The summed E-state index contributed by atoms with van der Waals surface area (Å²) in [6, 6.07) is 0. The van der Waals surface area contributed by atoms with Crippen molar-refractivity contribution in [1.82, 2.24) is 0 Å². The van der Waals surface area contributed by atoms with E-state index in [-0.39, 0.29) is 25.7 Å². The molecule has 17 nitrogen and oxygen atoms in total. The van der Waals surface area contributed by atoms with E-state index in [4.69, 9.17) is 37.0 Å². The van der Waals surface area contributed by atoms with Gasteiger partial charge in [-0.25, -0.2) is 9.13 Å². The summed E-state index contributed by atoms with van der Waals surface area (Å²) in [6.45, 7) is 9.43. The monoisotopic (exact) mass is 1320 g/mol. The van der Waals surface area contributed by atoms with Crippen LogP contribution in [0.4, 0.5) is 0 Å². The molecule has 3 N–H and O–H groups in total. The van der Waals surface area contributed by atoms with Gasteiger partial charge in [0.05, 0.1) is 26.4 Å². The molecule has 0 saturated heterocycles. The number of hydrogen-bond donors (Lipinski definition) is 3. The van der Waals surface area contributed by atoms with Crippen LogP contribution >= 0.6 is 15.6 Å². The number of carbonyl (C=O) groups is 4. The van der Waals surface area contributed by atoms with Crippen molar-refractivity contribution >= 4 is 39.5 Å². The standard InChI is InChI=1S/C71H138O17P2/c1-7-9-11-13-15-17-19-20-21-22-23-24-25-26-28-30-36-43-49-55-70(75)87-66(59-81-68(73)53-47-41-35-29-27-18-16-14-12-10-8-2)61-85-89(77,78)83-57-65(72)58-84-90(79,80)86-62-67(88-71(76)56-50-44-38-32-34-40-46-52-64(5)6)60-82-69(74)54-48-42-37-31-33-39-45-51-63(3)4/h63-67,72H,7-62H2,1-6H3,(H,77,78)(H,79,80)/t65-,66-,67-/m1/s1. The molecule has 0 aromatic heterocycles. The molecule has 0 bridgehead atoms. The fourth-order valence-corrected chi connectivity index (χ4v) is 12.3. The molecule has 19 heteroatoms. The number of ether oxygens (including phenoxy) is 4. The Hall–Kier alpha value is -1.94. The highest BCUT2D eigenvalue weighted by Gasteiger charge is 2.30. The second-order valence-electron chi connectivity index (χ2n) is 26.6. The minimum absolute atomic E-state index is 0.103.